The summed E-state index contributed by atoms with van der Waals surface area (Å²) in [7, 11) is 0. The average molecular weight is 269 g/mol. The Morgan fingerprint density at radius 1 is 1.20 bits per heavy atom. The molecule has 1 unspecified atom stereocenters. The molecule has 1 aromatic carbocycles. The minimum Gasteiger partial charge on any atom is -0.325 e. The van der Waals surface area contributed by atoms with E-state index in [2.05, 4.69) is 15.6 Å². The van der Waals surface area contributed by atoms with Crippen LogP contribution in [0, 0.1) is 6.92 Å². The molecule has 1 aromatic heterocycles. The molecule has 2 rings (SSSR count). The molecule has 2 N–H and O–H groups in total. The Hall–Kier alpha value is -2.20. The molecule has 0 saturated heterocycles. The fraction of sp³-hybridized carbons (Fsp3) is 0.250. The van der Waals surface area contributed by atoms with Gasteiger partial charge in [0.25, 0.3) is 0 Å². The van der Waals surface area contributed by atoms with Crippen molar-refractivity contribution < 1.29 is 4.79 Å². The topological polar surface area (TPSA) is 54.0 Å². The number of carbonyl (C=O) groups excluding carboxylic acids is 1. The Labute approximate surface area is 119 Å². The van der Waals surface area contributed by atoms with E-state index >= 15 is 0 Å². The summed E-state index contributed by atoms with van der Waals surface area (Å²) in [6, 6.07) is 13.5. The van der Waals surface area contributed by atoms with Crippen LogP contribution in [0.15, 0.2) is 48.7 Å². The van der Waals surface area contributed by atoms with Crippen molar-refractivity contribution in [1.82, 2.24) is 10.3 Å². The molecule has 1 heterocycles. The number of aromatic nitrogens is 1. The summed E-state index contributed by atoms with van der Waals surface area (Å²) in [6.45, 7) is 4.26. The predicted molar refractivity (Wildman–Crippen MR) is 80.5 cm³/mol. The quantitative estimate of drug-likeness (QED) is 0.877. The van der Waals surface area contributed by atoms with Crippen molar-refractivity contribution in [3.63, 3.8) is 0 Å². The lowest BCUT2D eigenvalue weighted by Crippen LogP contribution is -2.30. The van der Waals surface area contributed by atoms with Gasteiger partial charge in [-0.1, -0.05) is 23.8 Å². The van der Waals surface area contributed by atoms with Crippen LogP contribution in [-0.2, 0) is 4.79 Å². The van der Waals surface area contributed by atoms with Gasteiger partial charge in [-0.25, -0.2) is 0 Å². The van der Waals surface area contributed by atoms with Gasteiger partial charge in [-0.05, 0) is 38.1 Å². The number of hydrogen-bond donors (Lipinski definition) is 2. The molecule has 20 heavy (non-hydrogen) atoms. The fourth-order valence-electron chi connectivity index (χ4n) is 1.82. The second-order valence-electron chi connectivity index (χ2n) is 4.77. The largest absolute Gasteiger partial charge is 0.325 e. The maximum atomic E-state index is 11.8. The van der Waals surface area contributed by atoms with Gasteiger partial charge in [0, 0.05) is 17.9 Å². The molecule has 2 aromatic rings. The molecule has 0 radical (unpaired) electrons. The molecule has 0 fully saturated rings. The van der Waals surface area contributed by atoms with Gasteiger partial charge in [-0.15, -0.1) is 0 Å². The number of carbonyl (C=O) groups is 1. The second-order valence-corrected chi connectivity index (χ2v) is 4.77. The number of nitrogens with zero attached hydrogens (tertiary/aromatic N) is 1. The molecule has 104 valence electrons. The van der Waals surface area contributed by atoms with Crippen molar-refractivity contribution in [3.8, 4) is 0 Å². The molecule has 0 aliphatic rings. The molecule has 1 atom stereocenters. The highest BCUT2D eigenvalue weighted by Crippen LogP contribution is 2.09. The SMILES string of the molecule is Cc1ccc(NC(=O)CNC(C)c2ccccn2)cc1. The third kappa shape index (κ3) is 4.17. The number of aryl methyl sites for hydroxylation is 1. The van der Waals surface area contributed by atoms with Gasteiger partial charge < -0.3 is 10.6 Å². The van der Waals surface area contributed by atoms with Gasteiger partial charge in [-0.2, -0.15) is 0 Å². The molecule has 4 nitrogen and oxygen atoms in total. The van der Waals surface area contributed by atoms with E-state index in [9.17, 15) is 4.79 Å². The molecule has 1 amide bonds. The lowest BCUT2D eigenvalue weighted by molar-refractivity contribution is -0.115. The molecule has 0 aliphatic carbocycles. The Morgan fingerprint density at radius 3 is 2.60 bits per heavy atom. The highest BCUT2D eigenvalue weighted by atomic mass is 16.1. The van der Waals surface area contributed by atoms with Crippen molar-refractivity contribution in [2.75, 3.05) is 11.9 Å². The van der Waals surface area contributed by atoms with Crippen LogP contribution in [0.4, 0.5) is 5.69 Å². The molecule has 0 spiro atoms. The number of rotatable bonds is 5. The minimum absolute atomic E-state index is 0.0416. The van der Waals surface area contributed by atoms with Crippen LogP contribution in [0.2, 0.25) is 0 Å². The number of hydrogen-bond acceptors (Lipinski definition) is 3. The van der Waals surface area contributed by atoms with E-state index in [1.165, 1.54) is 5.56 Å². The predicted octanol–water partition coefficient (Wildman–Crippen LogP) is 2.68. The van der Waals surface area contributed by atoms with E-state index in [0.29, 0.717) is 0 Å². The van der Waals surface area contributed by atoms with Crippen molar-refractivity contribution in [2.24, 2.45) is 0 Å². The van der Waals surface area contributed by atoms with Crippen molar-refractivity contribution >= 4 is 11.6 Å². The lowest BCUT2D eigenvalue weighted by atomic mass is 10.2. The smallest absolute Gasteiger partial charge is 0.238 e. The fourth-order valence-corrected chi connectivity index (χ4v) is 1.82. The van der Waals surface area contributed by atoms with Crippen molar-refractivity contribution in [1.29, 1.82) is 0 Å². The average Bonchev–Trinajstić information content (AvgIpc) is 2.48. The first kappa shape index (κ1) is 14.2. The first-order valence-electron chi connectivity index (χ1n) is 6.66. The summed E-state index contributed by atoms with van der Waals surface area (Å²) in [4.78, 5) is 16.1. The van der Waals surface area contributed by atoms with E-state index < -0.39 is 0 Å². The van der Waals surface area contributed by atoms with Crippen LogP contribution >= 0.6 is 0 Å². The van der Waals surface area contributed by atoms with Crippen LogP contribution in [0.1, 0.15) is 24.2 Å². The van der Waals surface area contributed by atoms with Crippen LogP contribution in [0.3, 0.4) is 0 Å². The van der Waals surface area contributed by atoms with Crippen LogP contribution in [0.5, 0.6) is 0 Å². The zero-order valence-electron chi connectivity index (χ0n) is 11.8. The molecule has 0 bridgehead atoms. The zero-order chi connectivity index (χ0) is 14.4. The van der Waals surface area contributed by atoms with Gasteiger partial charge in [0.05, 0.1) is 12.2 Å². The minimum atomic E-state index is -0.0587. The molecule has 0 aliphatic heterocycles. The van der Waals surface area contributed by atoms with E-state index in [1.807, 2.05) is 56.3 Å². The maximum Gasteiger partial charge on any atom is 0.238 e. The Bertz CT molecular complexity index is 552. The summed E-state index contributed by atoms with van der Waals surface area (Å²) in [5.74, 6) is -0.0587. The normalized spacial score (nSPS) is 11.9. The Balaban J connectivity index is 1.82. The van der Waals surface area contributed by atoms with E-state index in [0.717, 1.165) is 11.4 Å². The van der Waals surface area contributed by atoms with Gasteiger partial charge in [-0.3, -0.25) is 9.78 Å². The summed E-state index contributed by atoms with van der Waals surface area (Å²) >= 11 is 0. The Morgan fingerprint density at radius 2 is 1.95 bits per heavy atom. The number of nitrogens with one attached hydrogen (secondary N) is 2. The van der Waals surface area contributed by atoms with Gasteiger partial charge in [0.15, 0.2) is 0 Å². The third-order valence-corrected chi connectivity index (χ3v) is 3.04. The number of pyridine rings is 1. The highest BCUT2D eigenvalue weighted by Gasteiger charge is 2.08. The Kier molecular flexibility index (Phi) is 4.85. The summed E-state index contributed by atoms with van der Waals surface area (Å²) in [5.41, 5.74) is 2.91. The monoisotopic (exact) mass is 269 g/mol. The third-order valence-electron chi connectivity index (χ3n) is 3.04. The number of anilines is 1. The van der Waals surface area contributed by atoms with Crippen LogP contribution < -0.4 is 10.6 Å². The van der Waals surface area contributed by atoms with E-state index in [1.54, 1.807) is 6.20 Å². The molecular weight excluding hydrogens is 250 g/mol. The van der Waals surface area contributed by atoms with E-state index in [-0.39, 0.29) is 18.5 Å². The standard InChI is InChI=1S/C16H19N3O/c1-12-6-8-14(9-7-12)19-16(20)11-18-13(2)15-5-3-4-10-17-15/h3-10,13,18H,11H2,1-2H3,(H,19,20). The summed E-state index contributed by atoms with van der Waals surface area (Å²) < 4.78 is 0. The first-order chi connectivity index (χ1) is 9.65. The second kappa shape index (κ2) is 6.82. The summed E-state index contributed by atoms with van der Waals surface area (Å²) in [5, 5.41) is 6.01. The highest BCUT2D eigenvalue weighted by molar-refractivity contribution is 5.92. The van der Waals surface area contributed by atoms with Gasteiger partial charge in [0.1, 0.15) is 0 Å². The van der Waals surface area contributed by atoms with Gasteiger partial charge >= 0.3 is 0 Å². The lowest BCUT2D eigenvalue weighted by Gasteiger charge is -2.13. The van der Waals surface area contributed by atoms with Crippen molar-refractivity contribution in [3.05, 3.63) is 59.9 Å². The number of amides is 1. The maximum absolute atomic E-state index is 11.8. The van der Waals surface area contributed by atoms with E-state index in [4.69, 9.17) is 0 Å². The molecule has 0 saturated carbocycles. The van der Waals surface area contributed by atoms with Crippen LogP contribution in [-0.4, -0.2) is 17.4 Å². The van der Waals surface area contributed by atoms with Crippen molar-refractivity contribution in [2.45, 2.75) is 19.9 Å². The molecular formula is C16H19N3O. The van der Waals surface area contributed by atoms with Crippen LogP contribution in [0.25, 0.3) is 0 Å². The zero-order valence-corrected chi connectivity index (χ0v) is 11.8. The number of benzene rings is 1. The first-order valence-corrected chi connectivity index (χ1v) is 6.66. The van der Waals surface area contributed by atoms with Gasteiger partial charge in [0.2, 0.25) is 5.91 Å². The summed E-state index contributed by atoms with van der Waals surface area (Å²) in [6.07, 6.45) is 1.75. The molecule has 4 heteroatoms.